The summed E-state index contributed by atoms with van der Waals surface area (Å²) in [7, 11) is 4.53. The molecule has 12 nitrogen and oxygen atoms in total. The summed E-state index contributed by atoms with van der Waals surface area (Å²) in [5, 5.41) is 11.7. The number of rotatable bonds is 12. The standard InChI is InChI=1S/C30H31N3O9/c1-37-26-10-8-21(15-27(26)38-2)42-25-9-7-20(14-24(25)33(35)36)40-12-5-13-41-29-17-23-22(16-28(29)39-3)30(34)32-11-4-6-19(32)18-31-23/h7-10,14-19H,4-6,11-13H2,1-3H3/t19-/m0/s1. The molecule has 2 aliphatic heterocycles. The van der Waals surface area contributed by atoms with Crippen LogP contribution in [0.15, 0.2) is 53.5 Å². The maximum absolute atomic E-state index is 13.0. The molecule has 2 aliphatic rings. The maximum Gasteiger partial charge on any atom is 0.315 e. The van der Waals surface area contributed by atoms with Crippen LogP contribution in [0.5, 0.6) is 40.2 Å². The van der Waals surface area contributed by atoms with Crippen LogP contribution in [0.25, 0.3) is 0 Å². The smallest absolute Gasteiger partial charge is 0.315 e. The number of amides is 1. The van der Waals surface area contributed by atoms with Gasteiger partial charge >= 0.3 is 5.69 Å². The Morgan fingerprint density at radius 3 is 2.36 bits per heavy atom. The van der Waals surface area contributed by atoms with Crippen LogP contribution in [-0.2, 0) is 0 Å². The highest BCUT2D eigenvalue weighted by Crippen LogP contribution is 2.39. The normalized spacial score (nSPS) is 15.4. The van der Waals surface area contributed by atoms with Gasteiger partial charge in [-0.2, -0.15) is 0 Å². The number of nitro groups is 1. The summed E-state index contributed by atoms with van der Waals surface area (Å²) in [6, 6.07) is 12.6. The molecule has 0 aromatic heterocycles. The van der Waals surface area contributed by atoms with Crippen molar-refractivity contribution in [3.63, 3.8) is 0 Å². The lowest BCUT2D eigenvalue weighted by atomic mass is 10.1. The molecule has 5 rings (SSSR count). The number of carbonyl (C=O) groups excluding carboxylic acids is 1. The Hall–Kier alpha value is -5.00. The Balaban J connectivity index is 1.19. The van der Waals surface area contributed by atoms with Crippen LogP contribution in [-0.4, -0.2) is 69.1 Å². The summed E-state index contributed by atoms with van der Waals surface area (Å²) in [6.07, 6.45) is 4.17. The van der Waals surface area contributed by atoms with Gasteiger partial charge in [-0.15, -0.1) is 0 Å². The zero-order valence-corrected chi connectivity index (χ0v) is 23.5. The third-order valence-corrected chi connectivity index (χ3v) is 6.98. The molecule has 0 radical (unpaired) electrons. The van der Waals surface area contributed by atoms with E-state index in [0.717, 1.165) is 12.8 Å². The fraction of sp³-hybridized carbons (Fsp3) is 0.333. The highest BCUT2D eigenvalue weighted by Gasteiger charge is 2.32. The van der Waals surface area contributed by atoms with E-state index in [4.69, 9.17) is 28.4 Å². The number of benzene rings is 3. The summed E-state index contributed by atoms with van der Waals surface area (Å²) < 4.78 is 33.4. The van der Waals surface area contributed by atoms with Crippen molar-refractivity contribution in [2.75, 3.05) is 41.1 Å². The molecule has 0 aliphatic carbocycles. The number of methoxy groups -OCH3 is 3. The van der Waals surface area contributed by atoms with Crippen LogP contribution in [0.4, 0.5) is 11.4 Å². The molecular weight excluding hydrogens is 546 g/mol. The van der Waals surface area contributed by atoms with E-state index in [9.17, 15) is 14.9 Å². The average molecular weight is 578 g/mol. The van der Waals surface area contributed by atoms with Crippen LogP contribution in [0.1, 0.15) is 29.6 Å². The number of fused-ring (bicyclic) bond motifs is 2. The van der Waals surface area contributed by atoms with E-state index in [1.165, 1.54) is 33.5 Å². The highest BCUT2D eigenvalue weighted by atomic mass is 16.6. The van der Waals surface area contributed by atoms with Gasteiger partial charge in [0.15, 0.2) is 23.0 Å². The first-order valence-electron chi connectivity index (χ1n) is 13.4. The Morgan fingerprint density at radius 2 is 1.60 bits per heavy atom. The van der Waals surface area contributed by atoms with Crippen LogP contribution < -0.4 is 28.4 Å². The summed E-state index contributed by atoms with van der Waals surface area (Å²) >= 11 is 0. The monoisotopic (exact) mass is 577 g/mol. The first-order chi connectivity index (χ1) is 20.4. The largest absolute Gasteiger partial charge is 0.493 e. The fourth-order valence-electron chi connectivity index (χ4n) is 4.87. The van der Waals surface area contributed by atoms with E-state index >= 15 is 0 Å². The van der Waals surface area contributed by atoms with Gasteiger partial charge < -0.3 is 33.3 Å². The lowest BCUT2D eigenvalue weighted by Crippen LogP contribution is -2.35. The van der Waals surface area contributed by atoms with Gasteiger partial charge in [0.05, 0.1) is 62.8 Å². The number of aliphatic imine (C=N–C) groups is 1. The number of carbonyl (C=O) groups is 1. The molecule has 0 bridgehead atoms. The Bertz CT molecular complexity index is 1510. The second kappa shape index (κ2) is 12.7. The molecule has 2 heterocycles. The molecular formula is C30H31N3O9. The molecule has 0 saturated carbocycles. The van der Waals surface area contributed by atoms with Crippen molar-refractivity contribution in [2.45, 2.75) is 25.3 Å². The second-order valence-corrected chi connectivity index (χ2v) is 9.56. The number of nitrogens with zero attached hydrogens (tertiary/aromatic N) is 3. The molecule has 3 aromatic rings. The van der Waals surface area contributed by atoms with Crippen molar-refractivity contribution in [1.82, 2.24) is 4.90 Å². The van der Waals surface area contributed by atoms with Crippen LogP contribution in [0.3, 0.4) is 0 Å². The Kier molecular flexibility index (Phi) is 8.60. The molecule has 1 amide bonds. The molecule has 1 saturated heterocycles. The summed E-state index contributed by atoms with van der Waals surface area (Å²) in [5.41, 5.74) is 0.788. The predicted octanol–water partition coefficient (Wildman–Crippen LogP) is 5.58. The van der Waals surface area contributed by atoms with E-state index in [1.807, 2.05) is 11.1 Å². The van der Waals surface area contributed by atoms with Crippen molar-refractivity contribution in [2.24, 2.45) is 4.99 Å². The van der Waals surface area contributed by atoms with E-state index in [1.54, 1.807) is 36.4 Å². The van der Waals surface area contributed by atoms with Gasteiger partial charge in [0, 0.05) is 31.3 Å². The lowest BCUT2D eigenvalue weighted by molar-refractivity contribution is -0.385. The van der Waals surface area contributed by atoms with Gasteiger partial charge in [0.2, 0.25) is 5.75 Å². The zero-order chi connectivity index (χ0) is 29.6. The summed E-state index contributed by atoms with van der Waals surface area (Å²) in [6.45, 7) is 1.24. The van der Waals surface area contributed by atoms with Crippen LogP contribution in [0, 0.1) is 10.1 Å². The summed E-state index contributed by atoms with van der Waals surface area (Å²) in [4.78, 5) is 30.6. The van der Waals surface area contributed by atoms with E-state index in [0.29, 0.717) is 58.7 Å². The number of ether oxygens (including phenoxy) is 6. The van der Waals surface area contributed by atoms with Crippen molar-refractivity contribution in [3.05, 3.63) is 64.2 Å². The first kappa shape index (κ1) is 28.5. The molecule has 12 heteroatoms. The van der Waals surface area contributed by atoms with Gasteiger partial charge in [-0.3, -0.25) is 19.9 Å². The zero-order valence-electron chi connectivity index (χ0n) is 23.5. The Morgan fingerprint density at radius 1 is 0.881 bits per heavy atom. The second-order valence-electron chi connectivity index (χ2n) is 9.56. The number of hydrogen-bond acceptors (Lipinski definition) is 10. The van der Waals surface area contributed by atoms with E-state index in [2.05, 4.69) is 4.99 Å². The van der Waals surface area contributed by atoms with Gasteiger partial charge in [0.1, 0.15) is 11.5 Å². The van der Waals surface area contributed by atoms with Crippen molar-refractivity contribution in [3.8, 4) is 40.2 Å². The lowest BCUT2D eigenvalue weighted by Gasteiger charge is -2.20. The van der Waals surface area contributed by atoms with Crippen molar-refractivity contribution < 1.29 is 38.1 Å². The SMILES string of the molecule is COc1ccc(Oc2ccc(OCCCOc3cc4c(cc3OC)C(=O)N3CCC[C@H]3C=N4)cc2[N+](=O)[O-])cc1OC. The number of hydrogen-bond donors (Lipinski definition) is 0. The molecule has 0 spiro atoms. The first-order valence-corrected chi connectivity index (χ1v) is 13.4. The Labute approximate surface area is 242 Å². The molecule has 1 fully saturated rings. The molecule has 0 N–H and O–H groups in total. The average Bonchev–Trinajstić information content (AvgIpc) is 3.44. The molecule has 3 aromatic carbocycles. The predicted molar refractivity (Wildman–Crippen MR) is 154 cm³/mol. The van der Waals surface area contributed by atoms with Gasteiger partial charge in [0.25, 0.3) is 5.91 Å². The molecule has 0 unspecified atom stereocenters. The van der Waals surface area contributed by atoms with Crippen LogP contribution in [0.2, 0.25) is 0 Å². The minimum Gasteiger partial charge on any atom is -0.493 e. The third-order valence-electron chi connectivity index (χ3n) is 6.98. The van der Waals surface area contributed by atoms with Gasteiger partial charge in [-0.05, 0) is 43.2 Å². The topological polar surface area (TPSA) is 131 Å². The maximum atomic E-state index is 13.0. The van der Waals surface area contributed by atoms with Gasteiger partial charge in [-0.25, -0.2) is 0 Å². The van der Waals surface area contributed by atoms with Crippen molar-refractivity contribution in [1.29, 1.82) is 0 Å². The minimum atomic E-state index is -0.534. The third kappa shape index (κ3) is 6.02. The fourth-order valence-corrected chi connectivity index (χ4v) is 4.87. The van der Waals surface area contributed by atoms with Crippen molar-refractivity contribution >= 4 is 23.5 Å². The van der Waals surface area contributed by atoms with E-state index < -0.39 is 4.92 Å². The van der Waals surface area contributed by atoms with Gasteiger partial charge in [-0.1, -0.05) is 0 Å². The van der Waals surface area contributed by atoms with Crippen LogP contribution >= 0.6 is 0 Å². The quantitative estimate of drug-likeness (QED) is 0.154. The summed E-state index contributed by atoms with van der Waals surface area (Å²) in [5.74, 6) is 2.52. The molecule has 1 atom stereocenters. The molecule has 220 valence electrons. The minimum absolute atomic E-state index is 0.0137. The van der Waals surface area contributed by atoms with E-state index in [-0.39, 0.29) is 36.6 Å². The molecule has 42 heavy (non-hydrogen) atoms. The number of nitro benzene ring substituents is 1. The highest BCUT2D eigenvalue weighted by molar-refractivity contribution is 6.03.